The van der Waals surface area contributed by atoms with Crippen LogP contribution < -0.4 is 5.32 Å². The molecule has 0 saturated carbocycles. The first-order valence-electron chi connectivity index (χ1n) is 8.10. The first-order chi connectivity index (χ1) is 10.6. The Labute approximate surface area is 132 Å². The maximum absolute atomic E-state index is 11.7. The zero-order valence-electron chi connectivity index (χ0n) is 13.9. The lowest BCUT2D eigenvalue weighted by Gasteiger charge is -2.38. The van der Waals surface area contributed by atoms with Gasteiger partial charge in [0.2, 0.25) is 0 Å². The molecule has 0 unspecified atom stereocenters. The van der Waals surface area contributed by atoms with E-state index in [1.54, 1.807) is 4.90 Å². The molecule has 0 radical (unpaired) electrons. The third kappa shape index (κ3) is 4.25. The van der Waals surface area contributed by atoms with Crippen molar-refractivity contribution in [2.24, 2.45) is 10.4 Å². The molecule has 1 amide bonds. The van der Waals surface area contributed by atoms with Gasteiger partial charge in [-0.2, -0.15) is 0 Å². The Balaban J connectivity index is 1.87. The van der Waals surface area contributed by atoms with Crippen LogP contribution in [0.4, 0.5) is 4.79 Å². The Kier molecular flexibility index (Phi) is 5.88. The van der Waals surface area contributed by atoms with Gasteiger partial charge in [-0.25, -0.2) is 4.79 Å². The molecule has 2 fully saturated rings. The average Bonchev–Trinajstić information content (AvgIpc) is 2.50. The second-order valence-electron chi connectivity index (χ2n) is 6.15. The summed E-state index contributed by atoms with van der Waals surface area (Å²) >= 11 is 0. The Morgan fingerprint density at radius 1 is 1.23 bits per heavy atom. The van der Waals surface area contributed by atoms with Crippen LogP contribution in [-0.2, 0) is 9.47 Å². The Morgan fingerprint density at radius 2 is 1.86 bits per heavy atom. The van der Waals surface area contributed by atoms with Crippen molar-refractivity contribution in [1.29, 1.82) is 0 Å². The van der Waals surface area contributed by atoms with Crippen LogP contribution in [0.5, 0.6) is 0 Å². The molecule has 126 valence electrons. The molecule has 0 atom stereocenters. The first-order valence-corrected chi connectivity index (χ1v) is 8.10. The Bertz CT molecular complexity index is 402. The van der Waals surface area contributed by atoms with Crippen molar-refractivity contribution in [1.82, 2.24) is 15.1 Å². The SMILES string of the molecule is CCNC(=NCC1(C)COC1)N1CCN(C(=O)OCC)CC1. The summed E-state index contributed by atoms with van der Waals surface area (Å²) in [6.07, 6.45) is -0.219. The quantitative estimate of drug-likeness (QED) is 0.613. The summed E-state index contributed by atoms with van der Waals surface area (Å²) in [6.45, 7) is 12.6. The van der Waals surface area contributed by atoms with E-state index >= 15 is 0 Å². The third-order valence-electron chi connectivity index (χ3n) is 3.95. The second kappa shape index (κ2) is 7.67. The number of nitrogens with zero attached hydrogens (tertiary/aromatic N) is 3. The van der Waals surface area contributed by atoms with Crippen molar-refractivity contribution in [3.05, 3.63) is 0 Å². The van der Waals surface area contributed by atoms with E-state index in [1.807, 2.05) is 6.92 Å². The number of carbonyl (C=O) groups is 1. The predicted octanol–water partition coefficient (Wildman–Crippen LogP) is 0.763. The molecule has 0 spiro atoms. The summed E-state index contributed by atoms with van der Waals surface area (Å²) in [4.78, 5) is 20.4. The van der Waals surface area contributed by atoms with Gasteiger partial charge in [0.1, 0.15) is 0 Å². The zero-order valence-corrected chi connectivity index (χ0v) is 13.9. The van der Waals surface area contributed by atoms with E-state index in [2.05, 4.69) is 24.1 Å². The van der Waals surface area contributed by atoms with Gasteiger partial charge >= 0.3 is 6.09 Å². The van der Waals surface area contributed by atoms with E-state index in [0.29, 0.717) is 19.7 Å². The molecule has 1 N–H and O–H groups in total. The topological polar surface area (TPSA) is 66.4 Å². The molecule has 2 aliphatic heterocycles. The number of aliphatic imine (C=N–C) groups is 1. The van der Waals surface area contributed by atoms with Gasteiger partial charge in [0.25, 0.3) is 0 Å². The lowest BCUT2D eigenvalue weighted by atomic mass is 9.89. The largest absolute Gasteiger partial charge is 0.450 e. The summed E-state index contributed by atoms with van der Waals surface area (Å²) in [6, 6.07) is 0. The van der Waals surface area contributed by atoms with Crippen LogP contribution in [0, 0.1) is 5.41 Å². The van der Waals surface area contributed by atoms with Crippen molar-refractivity contribution in [3.63, 3.8) is 0 Å². The number of hydrogen-bond donors (Lipinski definition) is 1. The van der Waals surface area contributed by atoms with E-state index in [1.165, 1.54) is 0 Å². The van der Waals surface area contributed by atoms with Crippen LogP contribution >= 0.6 is 0 Å². The van der Waals surface area contributed by atoms with Gasteiger partial charge < -0.3 is 24.6 Å². The summed E-state index contributed by atoms with van der Waals surface area (Å²) in [7, 11) is 0. The molecular formula is C15H28N4O3. The monoisotopic (exact) mass is 312 g/mol. The van der Waals surface area contributed by atoms with E-state index in [-0.39, 0.29) is 11.5 Å². The van der Waals surface area contributed by atoms with E-state index < -0.39 is 0 Å². The van der Waals surface area contributed by atoms with E-state index in [9.17, 15) is 4.79 Å². The highest BCUT2D eigenvalue weighted by molar-refractivity contribution is 5.80. The highest BCUT2D eigenvalue weighted by Gasteiger charge is 2.33. The van der Waals surface area contributed by atoms with Crippen LogP contribution in [0.15, 0.2) is 4.99 Å². The Morgan fingerprint density at radius 3 is 2.36 bits per heavy atom. The van der Waals surface area contributed by atoms with E-state index in [0.717, 1.165) is 45.4 Å². The smallest absolute Gasteiger partial charge is 0.409 e. The number of nitrogens with one attached hydrogen (secondary N) is 1. The molecule has 2 heterocycles. The highest BCUT2D eigenvalue weighted by atomic mass is 16.6. The van der Waals surface area contributed by atoms with Gasteiger partial charge in [-0.15, -0.1) is 0 Å². The lowest BCUT2D eigenvalue weighted by Crippen LogP contribution is -2.54. The zero-order chi connectivity index (χ0) is 16.0. The minimum atomic E-state index is -0.219. The summed E-state index contributed by atoms with van der Waals surface area (Å²) in [5.74, 6) is 0.930. The normalized spacial score (nSPS) is 21.3. The van der Waals surface area contributed by atoms with Crippen molar-refractivity contribution in [3.8, 4) is 0 Å². The average molecular weight is 312 g/mol. The van der Waals surface area contributed by atoms with Gasteiger partial charge in [0.15, 0.2) is 5.96 Å². The van der Waals surface area contributed by atoms with Gasteiger partial charge in [0, 0.05) is 38.1 Å². The highest BCUT2D eigenvalue weighted by Crippen LogP contribution is 2.26. The number of rotatable bonds is 4. The van der Waals surface area contributed by atoms with Crippen LogP contribution in [0.25, 0.3) is 0 Å². The van der Waals surface area contributed by atoms with Crippen LogP contribution in [0.2, 0.25) is 0 Å². The molecule has 0 aliphatic carbocycles. The fraction of sp³-hybridized carbons (Fsp3) is 0.867. The molecule has 0 aromatic heterocycles. The molecule has 2 rings (SSSR count). The minimum absolute atomic E-state index is 0.174. The Hall–Kier alpha value is -1.50. The van der Waals surface area contributed by atoms with Gasteiger partial charge in [0.05, 0.1) is 26.4 Å². The maximum Gasteiger partial charge on any atom is 0.409 e. The molecule has 7 nitrogen and oxygen atoms in total. The number of ether oxygens (including phenoxy) is 2. The number of guanidine groups is 1. The molecular weight excluding hydrogens is 284 g/mol. The van der Waals surface area contributed by atoms with Crippen molar-refractivity contribution in [2.75, 3.05) is 59.1 Å². The molecule has 0 aromatic rings. The van der Waals surface area contributed by atoms with Crippen molar-refractivity contribution >= 4 is 12.1 Å². The fourth-order valence-corrected chi connectivity index (χ4v) is 2.55. The number of hydrogen-bond acceptors (Lipinski definition) is 4. The van der Waals surface area contributed by atoms with Gasteiger partial charge in [-0.3, -0.25) is 4.99 Å². The molecule has 22 heavy (non-hydrogen) atoms. The van der Waals surface area contributed by atoms with E-state index in [4.69, 9.17) is 14.5 Å². The number of carbonyl (C=O) groups excluding carboxylic acids is 1. The van der Waals surface area contributed by atoms with Gasteiger partial charge in [-0.1, -0.05) is 6.92 Å². The fourth-order valence-electron chi connectivity index (χ4n) is 2.55. The second-order valence-corrected chi connectivity index (χ2v) is 6.15. The van der Waals surface area contributed by atoms with Gasteiger partial charge in [-0.05, 0) is 13.8 Å². The van der Waals surface area contributed by atoms with Crippen molar-refractivity contribution in [2.45, 2.75) is 20.8 Å². The predicted molar refractivity (Wildman–Crippen MR) is 85.1 cm³/mol. The minimum Gasteiger partial charge on any atom is -0.450 e. The van der Waals surface area contributed by atoms with Crippen molar-refractivity contribution < 1.29 is 14.3 Å². The number of piperazine rings is 1. The maximum atomic E-state index is 11.7. The standard InChI is InChI=1S/C15H28N4O3/c1-4-16-13(17-10-15(3)11-21-12-15)18-6-8-19(9-7-18)14(20)22-5-2/h4-12H2,1-3H3,(H,16,17). The summed E-state index contributed by atoms with van der Waals surface area (Å²) in [5.41, 5.74) is 0.174. The lowest BCUT2D eigenvalue weighted by molar-refractivity contribution is -0.0946. The molecule has 0 bridgehead atoms. The van der Waals surface area contributed by atoms with Crippen LogP contribution in [0.3, 0.4) is 0 Å². The van der Waals surface area contributed by atoms with Crippen LogP contribution in [0.1, 0.15) is 20.8 Å². The molecule has 2 aliphatic rings. The van der Waals surface area contributed by atoms with Crippen LogP contribution in [-0.4, -0.2) is 80.9 Å². The molecule has 2 saturated heterocycles. The first kappa shape index (κ1) is 16.9. The summed E-state index contributed by atoms with van der Waals surface area (Å²) in [5, 5.41) is 3.34. The molecule has 7 heteroatoms. The number of amides is 1. The summed E-state index contributed by atoms with van der Waals surface area (Å²) < 4.78 is 10.3. The molecule has 0 aromatic carbocycles. The third-order valence-corrected chi connectivity index (χ3v) is 3.95.